The fraction of sp³-hybridized carbons (Fsp3) is 0.462. The van der Waals surface area contributed by atoms with Crippen LogP contribution >= 0.6 is 11.8 Å². The molecule has 4 heteroatoms. The largest absolute Gasteiger partial charge is 0.371 e. The molecule has 1 fully saturated rings. The summed E-state index contributed by atoms with van der Waals surface area (Å²) in [6.45, 7) is 2.04. The molecule has 3 nitrogen and oxygen atoms in total. The third kappa shape index (κ3) is 2.75. The average molecular weight is 250 g/mol. The molecule has 1 amide bonds. The summed E-state index contributed by atoms with van der Waals surface area (Å²) in [5, 5.41) is 3.35. The standard InChI is InChI=1S/C13H18N2OS/c1-10-3-2-4-11(9-10)15-13(12(14)16)5-7-17-8-6-13/h2-4,9,15H,5-8H2,1H3,(H2,14,16). The lowest BCUT2D eigenvalue weighted by Gasteiger charge is -2.35. The molecule has 0 saturated carbocycles. The van der Waals surface area contributed by atoms with Crippen molar-refractivity contribution in [1.82, 2.24) is 0 Å². The summed E-state index contributed by atoms with van der Waals surface area (Å²) in [7, 11) is 0. The van der Waals surface area contributed by atoms with E-state index in [0.717, 1.165) is 30.0 Å². The minimum atomic E-state index is -0.557. The quantitative estimate of drug-likeness (QED) is 0.864. The highest BCUT2D eigenvalue weighted by Gasteiger charge is 2.37. The Morgan fingerprint density at radius 2 is 2.12 bits per heavy atom. The van der Waals surface area contributed by atoms with Gasteiger partial charge in [-0.25, -0.2) is 0 Å². The molecule has 0 unspecified atom stereocenters. The molecule has 17 heavy (non-hydrogen) atoms. The third-order valence-electron chi connectivity index (χ3n) is 3.22. The molecule has 0 bridgehead atoms. The van der Waals surface area contributed by atoms with Crippen LogP contribution in [-0.2, 0) is 4.79 Å². The number of carbonyl (C=O) groups excluding carboxylic acids is 1. The highest BCUT2D eigenvalue weighted by molar-refractivity contribution is 7.99. The summed E-state index contributed by atoms with van der Waals surface area (Å²) >= 11 is 1.88. The number of primary amides is 1. The maximum absolute atomic E-state index is 11.7. The van der Waals surface area contributed by atoms with Crippen LogP contribution in [0.15, 0.2) is 24.3 Å². The van der Waals surface area contributed by atoms with Crippen molar-refractivity contribution in [1.29, 1.82) is 0 Å². The van der Waals surface area contributed by atoms with Crippen molar-refractivity contribution in [2.45, 2.75) is 25.3 Å². The lowest BCUT2D eigenvalue weighted by atomic mass is 9.91. The van der Waals surface area contributed by atoms with E-state index in [1.165, 1.54) is 5.56 Å². The van der Waals surface area contributed by atoms with Gasteiger partial charge in [0.05, 0.1) is 0 Å². The molecule has 1 aliphatic heterocycles. The van der Waals surface area contributed by atoms with Crippen LogP contribution in [0.2, 0.25) is 0 Å². The molecule has 1 aromatic rings. The third-order valence-corrected chi connectivity index (χ3v) is 4.21. The lowest BCUT2D eigenvalue weighted by molar-refractivity contribution is -0.122. The van der Waals surface area contributed by atoms with Gasteiger partial charge >= 0.3 is 0 Å². The molecular formula is C13H18N2OS. The van der Waals surface area contributed by atoms with Gasteiger partial charge in [0.1, 0.15) is 5.54 Å². The maximum atomic E-state index is 11.7. The Morgan fingerprint density at radius 1 is 1.41 bits per heavy atom. The number of benzene rings is 1. The number of hydrogen-bond donors (Lipinski definition) is 2. The summed E-state index contributed by atoms with van der Waals surface area (Å²) < 4.78 is 0. The first kappa shape index (κ1) is 12.3. The first-order valence-corrected chi connectivity index (χ1v) is 7.00. The molecular weight excluding hydrogens is 232 g/mol. The van der Waals surface area contributed by atoms with Crippen molar-refractivity contribution in [2.75, 3.05) is 16.8 Å². The van der Waals surface area contributed by atoms with Crippen LogP contribution in [-0.4, -0.2) is 23.0 Å². The van der Waals surface area contributed by atoms with Crippen LogP contribution in [0.4, 0.5) is 5.69 Å². The zero-order valence-corrected chi connectivity index (χ0v) is 10.8. The summed E-state index contributed by atoms with van der Waals surface area (Å²) in [5.74, 6) is 1.74. The number of hydrogen-bond acceptors (Lipinski definition) is 3. The SMILES string of the molecule is Cc1cccc(NC2(C(N)=O)CCSCC2)c1. The van der Waals surface area contributed by atoms with E-state index in [1.54, 1.807) is 0 Å². The van der Waals surface area contributed by atoms with Crippen molar-refractivity contribution < 1.29 is 4.79 Å². The second kappa shape index (κ2) is 5.00. The van der Waals surface area contributed by atoms with Gasteiger partial charge in [0.2, 0.25) is 5.91 Å². The summed E-state index contributed by atoms with van der Waals surface area (Å²) in [5.41, 5.74) is 7.18. The number of amides is 1. The Bertz CT molecular complexity index is 414. The smallest absolute Gasteiger partial charge is 0.243 e. The molecule has 1 aliphatic rings. The van der Waals surface area contributed by atoms with Crippen LogP contribution in [0, 0.1) is 6.92 Å². The second-order valence-corrected chi connectivity index (χ2v) is 5.78. The molecule has 0 atom stereocenters. The zero-order valence-electron chi connectivity index (χ0n) is 10.0. The highest BCUT2D eigenvalue weighted by atomic mass is 32.2. The maximum Gasteiger partial charge on any atom is 0.243 e. The Kier molecular flexibility index (Phi) is 3.62. The Morgan fingerprint density at radius 3 is 2.71 bits per heavy atom. The number of aryl methyl sites for hydroxylation is 1. The van der Waals surface area contributed by atoms with Gasteiger partial charge in [0.25, 0.3) is 0 Å². The Labute approximate surface area is 106 Å². The number of nitrogens with one attached hydrogen (secondary N) is 1. The molecule has 0 spiro atoms. The van der Waals surface area contributed by atoms with E-state index in [-0.39, 0.29) is 5.91 Å². The van der Waals surface area contributed by atoms with Crippen LogP contribution in [0.1, 0.15) is 18.4 Å². The minimum Gasteiger partial charge on any atom is -0.371 e. The van der Waals surface area contributed by atoms with E-state index in [2.05, 4.69) is 5.32 Å². The fourth-order valence-corrected chi connectivity index (χ4v) is 3.34. The molecule has 0 aromatic heterocycles. The number of nitrogens with two attached hydrogens (primary N) is 1. The molecule has 1 heterocycles. The van der Waals surface area contributed by atoms with Crippen LogP contribution in [0.5, 0.6) is 0 Å². The lowest BCUT2D eigenvalue weighted by Crippen LogP contribution is -2.52. The zero-order chi connectivity index (χ0) is 12.3. The van der Waals surface area contributed by atoms with Crippen molar-refractivity contribution in [3.8, 4) is 0 Å². The van der Waals surface area contributed by atoms with Gasteiger partial charge in [0.15, 0.2) is 0 Å². The molecule has 1 saturated heterocycles. The second-order valence-electron chi connectivity index (χ2n) is 4.55. The van der Waals surface area contributed by atoms with Crippen LogP contribution in [0.3, 0.4) is 0 Å². The van der Waals surface area contributed by atoms with Crippen LogP contribution < -0.4 is 11.1 Å². The normalized spacial score (nSPS) is 18.6. The highest BCUT2D eigenvalue weighted by Crippen LogP contribution is 2.30. The first-order valence-electron chi connectivity index (χ1n) is 5.85. The van der Waals surface area contributed by atoms with Gasteiger partial charge in [-0.15, -0.1) is 0 Å². The van der Waals surface area contributed by atoms with E-state index >= 15 is 0 Å². The van der Waals surface area contributed by atoms with Gasteiger partial charge in [-0.2, -0.15) is 11.8 Å². The van der Waals surface area contributed by atoms with Gasteiger partial charge < -0.3 is 11.1 Å². The van der Waals surface area contributed by atoms with Gasteiger partial charge in [0, 0.05) is 5.69 Å². The van der Waals surface area contributed by atoms with Crippen molar-refractivity contribution in [3.63, 3.8) is 0 Å². The van der Waals surface area contributed by atoms with Gasteiger partial charge in [-0.1, -0.05) is 12.1 Å². The van der Waals surface area contributed by atoms with E-state index in [0.29, 0.717) is 0 Å². The van der Waals surface area contributed by atoms with Crippen LogP contribution in [0.25, 0.3) is 0 Å². The van der Waals surface area contributed by atoms with Crippen molar-refractivity contribution in [2.24, 2.45) is 5.73 Å². The van der Waals surface area contributed by atoms with E-state index in [4.69, 9.17) is 5.73 Å². The number of rotatable bonds is 3. The van der Waals surface area contributed by atoms with Crippen molar-refractivity contribution >= 4 is 23.4 Å². The Balaban J connectivity index is 2.20. The molecule has 0 radical (unpaired) electrons. The predicted octanol–water partition coefficient (Wildman–Crippen LogP) is 2.16. The van der Waals surface area contributed by atoms with Gasteiger partial charge in [-0.3, -0.25) is 4.79 Å². The molecule has 2 rings (SSSR count). The first-order chi connectivity index (χ1) is 8.12. The Hall–Kier alpha value is -1.16. The minimum absolute atomic E-state index is 0.237. The molecule has 92 valence electrons. The number of thioether (sulfide) groups is 1. The number of anilines is 1. The molecule has 1 aromatic carbocycles. The number of carbonyl (C=O) groups is 1. The molecule has 0 aliphatic carbocycles. The summed E-state index contributed by atoms with van der Waals surface area (Å²) in [4.78, 5) is 11.7. The van der Waals surface area contributed by atoms with Gasteiger partial charge in [-0.05, 0) is 49.0 Å². The van der Waals surface area contributed by atoms with E-state index < -0.39 is 5.54 Å². The summed E-state index contributed by atoms with van der Waals surface area (Å²) in [6.07, 6.45) is 1.61. The monoisotopic (exact) mass is 250 g/mol. The fourth-order valence-electron chi connectivity index (χ4n) is 2.15. The van der Waals surface area contributed by atoms with E-state index in [9.17, 15) is 4.79 Å². The molecule has 3 N–H and O–H groups in total. The topological polar surface area (TPSA) is 55.1 Å². The predicted molar refractivity (Wildman–Crippen MR) is 73.3 cm³/mol. The van der Waals surface area contributed by atoms with Crippen molar-refractivity contribution in [3.05, 3.63) is 29.8 Å². The summed E-state index contributed by atoms with van der Waals surface area (Å²) in [6, 6.07) is 8.06. The van der Waals surface area contributed by atoms with E-state index in [1.807, 2.05) is 43.0 Å². The average Bonchev–Trinajstić information content (AvgIpc) is 2.30.